The Morgan fingerprint density at radius 1 is 1.56 bits per heavy atom. The molecule has 2 rings (SSSR count). The Hall–Kier alpha value is -0.940. The lowest BCUT2D eigenvalue weighted by Gasteiger charge is -2.20. The van der Waals surface area contributed by atoms with Crippen LogP contribution >= 0.6 is 0 Å². The number of methoxy groups -OCH3 is 1. The van der Waals surface area contributed by atoms with E-state index in [2.05, 4.69) is 22.4 Å². The molecule has 5 nitrogen and oxygen atoms in total. The molecule has 0 aliphatic carbocycles. The molecule has 2 heterocycles. The Kier molecular flexibility index (Phi) is 5.13. The van der Waals surface area contributed by atoms with Crippen LogP contribution in [0.15, 0.2) is 4.52 Å². The summed E-state index contributed by atoms with van der Waals surface area (Å²) in [5.74, 6) is 2.06. The van der Waals surface area contributed by atoms with Crippen molar-refractivity contribution in [2.45, 2.75) is 45.1 Å². The fraction of sp³-hybridized carbons (Fsp3) is 0.846. The molecule has 0 amide bonds. The van der Waals surface area contributed by atoms with Crippen LogP contribution in [0.25, 0.3) is 0 Å². The maximum Gasteiger partial charge on any atom is 0.227 e. The van der Waals surface area contributed by atoms with E-state index in [1.165, 1.54) is 12.8 Å². The predicted octanol–water partition coefficient (Wildman–Crippen LogP) is 2.10. The standard InChI is InChI=1S/C13H23N3O2/c1-3-5-11(17-2)13-15-12(18-16-13)8-10-6-4-7-14-9-10/h10-11,14H,3-9H2,1-2H3. The monoisotopic (exact) mass is 253 g/mol. The second-order valence-corrected chi connectivity index (χ2v) is 4.98. The normalized spacial score (nSPS) is 22.0. The van der Waals surface area contributed by atoms with Crippen molar-refractivity contribution in [1.82, 2.24) is 15.5 Å². The molecular weight excluding hydrogens is 230 g/mol. The van der Waals surface area contributed by atoms with Crippen molar-refractivity contribution < 1.29 is 9.26 Å². The number of hydrogen-bond acceptors (Lipinski definition) is 5. The van der Waals surface area contributed by atoms with Crippen molar-refractivity contribution in [2.24, 2.45) is 5.92 Å². The third kappa shape index (κ3) is 3.53. The average Bonchev–Trinajstić information content (AvgIpc) is 2.85. The summed E-state index contributed by atoms with van der Waals surface area (Å²) < 4.78 is 10.7. The summed E-state index contributed by atoms with van der Waals surface area (Å²) >= 11 is 0. The highest BCUT2D eigenvalue weighted by molar-refractivity contribution is 4.93. The quantitative estimate of drug-likeness (QED) is 0.841. The minimum Gasteiger partial charge on any atom is -0.373 e. The Bertz CT molecular complexity index is 348. The summed E-state index contributed by atoms with van der Waals surface area (Å²) in [7, 11) is 1.70. The number of hydrogen-bond donors (Lipinski definition) is 1. The first-order valence-corrected chi connectivity index (χ1v) is 6.89. The lowest BCUT2D eigenvalue weighted by atomic mass is 9.96. The van der Waals surface area contributed by atoms with E-state index in [-0.39, 0.29) is 6.10 Å². The van der Waals surface area contributed by atoms with E-state index in [1.54, 1.807) is 7.11 Å². The predicted molar refractivity (Wildman–Crippen MR) is 68.3 cm³/mol. The maximum absolute atomic E-state index is 5.38. The van der Waals surface area contributed by atoms with Crippen molar-refractivity contribution in [3.8, 4) is 0 Å². The molecule has 0 bridgehead atoms. The first kappa shape index (κ1) is 13.5. The molecule has 2 atom stereocenters. The summed E-state index contributed by atoms with van der Waals surface area (Å²) in [4.78, 5) is 4.46. The second-order valence-electron chi connectivity index (χ2n) is 4.98. The van der Waals surface area contributed by atoms with Crippen molar-refractivity contribution in [3.63, 3.8) is 0 Å². The molecule has 0 radical (unpaired) electrons. The smallest absolute Gasteiger partial charge is 0.227 e. The van der Waals surface area contributed by atoms with E-state index in [0.29, 0.717) is 11.7 Å². The van der Waals surface area contributed by atoms with Crippen LogP contribution in [0.3, 0.4) is 0 Å². The van der Waals surface area contributed by atoms with Crippen molar-refractivity contribution in [3.05, 3.63) is 11.7 Å². The zero-order valence-corrected chi connectivity index (χ0v) is 11.3. The largest absolute Gasteiger partial charge is 0.373 e. The van der Waals surface area contributed by atoms with Gasteiger partial charge in [0.2, 0.25) is 11.7 Å². The fourth-order valence-corrected chi connectivity index (χ4v) is 2.44. The highest BCUT2D eigenvalue weighted by Crippen LogP contribution is 2.21. The molecule has 1 aromatic heterocycles. The number of aromatic nitrogens is 2. The van der Waals surface area contributed by atoms with Crippen LogP contribution in [-0.2, 0) is 11.2 Å². The van der Waals surface area contributed by atoms with Gasteiger partial charge in [-0.3, -0.25) is 0 Å². The van der Waals surface area contributed by atoms with Gasteiger partial charge < -0.3 is 14.6 Å². The third-order valence-corrected chi connectivity index (χ3v) is 3.47. The van der Waals surface area contributed by atoms with Gasteiger partial charge in [0.15, 0.2) is 0 Å². The maximum atomic E-state index is 5.38. The molecular formula is C13H23N3O2. The van der Waals surface area contributed by atoms with Gasteiger partial charge in [-0.15, -0.1) is 0 Å². The van der Waals surface area contributed by atoms with Gasteiger partial charge in [-0.05, 0) is 38.3 Å². The summed E-state index contributed by atoms with van der Waals surface area (Å²) in [5, 5.41) is 7.44. The number of rotatable bonds is 6. The highest BCUT2D eigenvalue weighted by Gasteiger charge is 2.20. The lowest BCUT2D eigenvalue weighted by Crippen LogP contribution is -2.30. The summed E-state index contributed by atoms with van der Waals surface area (Å²) in [6.07, 6.45) is 5.31. The molecule has 102 valence electrons. The minimum absolute atomic E-state index is 0.0306. The van der Waals surface area contributed by atoms with E-state index in [1.807, 2.05) is 0 Å². The molecule has 1 saturated heterocycles. The van der Waals surface area contributed by atoms with Gasteiger partial charge in [0.05, 0.1) is 0 Å². The summed E-state index contributed by atoms with van der Waals surface area (Å²) in [6, 6.07) is 0. The van der Waals surface area contributed by atoms with Crippen LogP contribution in [-0.4, -0.2) is 30.3 Å². The highest BCUT2D eigenvalue weighted by atomic mass is 16.5. The number of nitrogens with one attached hydrogen (secondary N) is 1. The van der Waals surface area contributed by atoms with Gasteiger partial charge in [0, 0.05) is 13.5 Å². The topological polar surface area (TPSA) is 60.2 Å². The van der Waals surface area contributed by atoms with Crippen molar-refractivity contribution in [2.75, 3.05) is 20.2 Å². The van der Waals surface area contributed by atoms with Crippen molar-refractivity contribution in [1.29, 1.82) is 0 Å². The van der Waals surface area contributed by atoms with E-state index in [0.717, 1.165) is 38.2 Å². The first-order chi connectivity index (χ1) is 8.83. The number of nitrogens with zero attached hydrogens (tertiary/aromatic N) is 2. The first-order valence-electron chi connectivity index (χ1n) is 6.89. The molecule has 0 saturated carbocycles. The Morgan fingerprint density at radius 3 is 3.11 bits per heavy atom. The van der Waals surface area contributed by atoms with Gasteiger partial charge in [0.25, 0.3) is 0 Å². The van der Waals surface area contributed by atoms with Crippen molar-refractivity contribution >= 4 is 0 Å². The van der Waals surface area contributed by atoms with Crippen LogP contribution in [0.2, 0.25) is 0 Å². The summed E-state index contributed by atoms with van der Waals surface area (Å²) in [5.41, 5.74) is 0. The van der Waals surface area contributed by atoms with Gasteiger partial charge >= 0.3 is 0 Å². The van der Waals surface area contributed by atoms with Gasteiger partial charge in [-0.2, -0.15) is 4.98 Å². The third-order valence-electron chi connectivity index (χ3n) is 3.47. The minimum atomic E-state index is -0.0306. The Balaban J connectivity index is 1.92. The Labute approximate surface area is 108 Å². The van der Waals surface area contributed by atoms with Crippen LogP contribution in [0.5, 0.6) is 0 Å². The molecule has 1 aromatic rings. The van der Waals surface area contributed by atoms with Crippen LogP contribution in [0, 0.1) is 5.92 Å². The van der Waals surface area contributed by atoms with E-state index in [9.17, 15) is 0 Å². The van der Waals surface area contributed by atoms with Crippen LogP contribution in [0.4, 0.5) is 0 Å². The van der Waals surface area contributed by atoms with Gasteiger partial charge in [-0.1, -0.05) is 18.5 Å². The molecule has 1 fully saturated rings. The number of ether oxygens (including phenoxy) is 1. The van der Waals surface area contributed by atoms with E-state index < -0.39 is 0 Å². The summed E-state index contributed by atoms with van der Waals surface area (Å²) in [6.45, 7) is 4.31. The zero-order chi connectivity index (χ0) is 12.8. The molecule has 1 aliphatic heterocycles. The average molecular weight is 253 g/mol. The SMILES string of the molecule is CCCC(OC)c1noc(CC2CCCNC2)n1. The molecule has 0 spiro atoms. The van der Waals surface area contributed by atoms with Gasteiger partial charge in [0.1, 0.15) is 6.10 Å². The molecule has 0 aromatic carbocycles. The van der Waals surface area contributed by atoms with E-state index in [4.69, 9.17) is 9.26 Å². The lowest BCUT2D eigenvalue weighted by molar-refractivity contribution is 0.0854. The van der Waals surface area contributed by atoms with E-state index >= 15 is 0 Å². The van der Waals surface area contributed by atoms with Crippen LogP contribution < -0.4 is 5.32 Å². The fourth-order valence-electron chi connectivity index (χ4n) is 2.44. The molecule has 2 unspecified atom stereocenters. The van der Waals surface area contributed by atoms with Gasteiger partial charge in [-0.25, -0.2) is 0 Å². The molecule has 1 aliphatic rings. The molecule has 5 heteroatoms. The Morgan fingerprint density at radius 2 is 2.44 bits per heavy atom. The zero-order valence-electron chi connectivity index (χ0n) is 11.3. The number of piperidine rings is 1. The second kappa shape index (κ2) is 6.85. The van der Waals surface area contributed by atoms with Crippen LogP contribution in [0.1, 0.15) is 50.4 Å². The molecule has 18 heavy (non-hydrogen) atoms. The molecule has 1 N–H and O–H groups in total.